The van der Waals surface area contributed by atoms with Crippen molar-refractivity contribution in [2.45, 2.75) is 13.3 Å². The molecule has 3 rings (SSSR count). The first kappa shape index (κ1) is 11.0. The number of hydrogen-bond acceptors (Lipinski definition) is 1. The van der Waals surface area contributed by atoms with Gasteiger partial charge < -0.3 is 9.55 Å². The van der Waals surface area contributed by atoms with Gasteiger partial charge in [-0.05, 0) is 19.5 Å². The van der Waals surface area contributed by atoms with E-state index in [0.717, 1.165) is 17.5 Å². The van der Waals surface area contributed by atoms with E-state index in [-0.39, 0.29) is 32.7 Å². The smallest absolute Gasteiger partial charge is 0.0262 e. The minimum Gasteiger partial charge on any atom is -0.410 e. The minimum absolute atomic E-state index is 0. The Labute approximate surface area is 114 Å². The largest absolute Gasteiger partial charge is 0.410 e. The van der Waals surface area contributed by atoms with Crippen LogP contribution in [-0.2, 0) is 46.2 Å². The van der Waals surface area contributed by atoms with E-state index in [1.165, 1.54) is 16.8 Å². The Hall–Kier alpha value is -0.466. The van der Waals surface area contributed by atoms with Gasteiger partial charge in [0.25, 0.3) is 0 Å². The van der Waals surface area contributed by atoms with Crippen molar-refractivity contribution < 1.29 is 32.7 Å². The van der Waals surface area contributed by atoms with Gasteiger partial charge in [-0.15, -0.1) is 5.39 Å². The topological polar surface area (TPSA) is 17.8 Å². The van der Waals surface area contributed by atoms with Crippen LogP contribution in [0, 0.1) is 13.0 Å². The monoisotopic (exact) mass is 272 g/mol. The molecule has 0 N–H and O–H groups in total. The molecule has 0 aliphatic heterocycles. The molecule has 2 aromatic heterocycles. The molecule has 0 spiro atoms. The first-order chi connectivity index (χ1) is 6.77. The van der Waals surface area contributed by atoms with Crippen molar-refractivity contribution in [2.24, 2.45) is 7.05 Å². The Balaban J connectivity index is 0.000000853. The third-order valence-electron chi connectivity index (χ3n) is 2.92. The molecule has 0 fully saturated rings. The Bertz CT molecular complexity index is 552. The van der Waals surface area contributed by atoms with Crippen molar-refractivity contribution in [3.63, 3.8) is 0 Å². The molecule has 1 radical (unpaired) electrons. The van der Waals surface area contributed by atoms with Crippen LogP contribution in [0.1, 0.15) is 17.0 Å². The van der Waals surface area contributed by atoms with Crippen LogP contribution in [0.15, 0.2) is 12.3 Å². The summed E-state index contributed by atoms with van der Waals surface area (Å²) in [5, 5.41) is 1.12. The molecule has 0 atom stereocenters. The van der Waals surface area contributed by atoms with Crippen LogP contribution < -0.4 is 0 Å². The average molecular weight is 272 g/mol. The maximum absolute atomic E-state index is 4.43. The van der Waals surface area contributed by atoms with Crippen LogP contribution in [0.5, 0.6) is 0 Å². The van der Waals surface area contributed by atoms with Gasteiger partial charge in [0.1, 0.15) is 0 Å². The summed E-state index contributed by atoms with van der Waals surface area (Å²) < 4.78 is 2.19. The van der Waals surface area contributed by atoms with E-state index in [4.69, 9.17) is 0 Å². The van der Waals surface area contributed by atoms with Crippen LogP contribution in [0.25, 0.3) is 17.0 Å². The van der Waals surface area contributed by atoms with Crippen molar-refractivity contribution in [2.75, 3.05) is 0 Å². The molecule has 0 bridgehead atoms. The molecule has 15 heavy (non-hydrogen) atoms. The molecule has 3 heteroatoms. The maximum atomic E-state index is 4.43. The summed E-state index contributed by atoms with van der Waals surface area (Å²) in [6, 6.07) is 3.32. The van der Waals surface area contributed by atoms with Gasteiger partial charge in [0.2, 0.25) is 0 Å². The number of fused-ring (bicyclic) bond motifs is 3. The second kappa shape index (κ2) is 3.84. The minimum atomic E-state index is 0. The molecule has 1 aliphatic rings. The third-order valence-corrected chi connectivity index (χ3v) is 2.92. The number of nitrogens with zero attached hydrogens (tertiary/aromatic N) is 2. The summed E-state index contributed by atoms with van der Waals surface area (Å²) in [5.74, 6) is 0. The summed E-state index contributed by atoms with van der Waals surface area (Å²) in [7, 11) is 2.08. The van der Waals surface area contributed by atoms with Gasteiger partial charge in [-0.2, -0.15) is 6.07 Å². The molecular weight excluding hydrogens is 261 g/mol. The van der Waals surface area contributed by atoms with Gasteiger partial charge in [-0.1, -0.05) is 29.6 Å². The van der Waals surface area contributed by atoms with Crippen molar-refractivity contribution in [1.82, 2.24) is 9.55 Å². The standard InChI is InChI=1S/C12H11N2.Y/c1-8-6-9-7-13-11-5-3-4-10(11)12(9)14(8)2;/h3-4,7H,5H2,1-2H3;/q-1;. The Kier molecular flexibility index (Phi) is 2.82. The van der Waals surface area contributed by atoms with Crippen LogP contribution in [0.4, 0.5) is 0 Å². The summed E-state index contributed by atoms with van der Waals surface area (Å²) in [6.07, 6.45) is 7.22. The molecule has 0 amide bonds. The Morgan fingerprint density at radius 3 is 3.07 bits per heavy atom. The van der Waals surface area contributed by atoms with E-state index in [2.05, 4.69) is 41.7 Å². The zero-order valence-corrected chi connectivity index (χ0v) is 11.7. The Morgan fingerprint density at radius 2 is 2.27 bits per heavy atom. The Morgan fingerprint density at radius 1 is 1.47 bits per heavy atom. The number of hydrogen-bond donors (Lipinski definition) is 0. The molecule has 0 saturated carbocycles. The zero-order valence-electron chi connectivity index (χ0n) is 8.91. The fourth-order valence-electron chi connectivity index (χ4n) is 2.08. The van der Waals surface area contributed by atoms with Gasteiger partial charge in [-0.3, -0.25) is 0 Å². The van der Waals surface area contributed by atoms with Crippen LogP contribution in [0.2, 0.25) is 0 Å². The second-order valence-electron chi connectivity index (χ2n) is 3.76. The van der Waals surface area contributed by atoms with Crippen molar-refractivity contribution in [3.8, 4) is 0 Å². The average Bonchev–Trinajstić information content (AvgIpc) is 2.72. The summed E-state index contributed by atoms with van der Waals surface area (Å²) in [6.45, 7) is 2.07. The normalized spacial score (nSPS) is 12.9. The first-order valence-corrected chi connectivity index (χ1v) is 4.80. The SMILES string of the molecule is Cc1[c-]c2cnc3c(c2n1C)C=CC3.[Y]. The number of rotatable bonds is 0. The number of aromatic nitrogens is 2. The third kappa shape index (κ3) is 1.51. The molecule has 0 aromatic carbocycles. The van der Waals surface area contributed by atoms with Crippen LogP contribution in [0.3, 0.4) is 0 Å². The van der Waals surface area contributed by atoms with E-state index in [9.17, 15) is 0 Å². The van der Waals surface area contributed by atoms with E-state index < -0.39 is 0 Å². The van der Waals surface area contributed by atoms with Crippen LogP contribution in [-0.4, -0.2) is 9.55 Å². The van der Waals surface area contributed by atoms with Crippen molar-refractivity contribution in [1.29, 1.82) is 0 Å². The van der Waals surface area contributed by atoms with E-state index in [1.807, 2.05) is 6.20 Å². The van der Waals surface area contributed by atoms with Gasteiger partial charge in [-0.25, -0.2) is 0 Å². The molecule has 2 heterocycles. The first-order valence-electron chi connectivity index (χ1n) is 4.80. The van der Waals surface area contributed by atoms with Gasteiger partial charge in [0, 0.05) is 44.8 Å². The summed E-state index contributed by atoms with van der Waals surface area (Å²) >= 11 is 0. The predicted molar refractivity (Wildman–Crippen MR) is 57.0 cm³/mol. The number of aryl methyl sites for hydroxylation is 2. The maximum Gasteiger partial charge on any atom is 0.0262 e. The van der Waals surface area contributed by atoms with Gasteiger partial charge in [0.05, 0.1) is 0 Å². The molecule has 73 valence electrons. The zero-order chi connectivity index (χ0) is 9.71. The number of allylic oxidation sites excluding steroid dienone is 1. The van der Waals surface area contributed by atoms with E-state index in [0.29, 0.717) is 0 Å². The van der Waals surface area contributed by atoms with E-state index in [1.54, 1.807) is 0 Å². The number of pyridine rings is 1. The summed E-state index contributed by atoms with van der Waals surface area (Å²) in [4.78, 5) is 4.43. The predicted octanol–water partition coefficient (Wildman–Crippen LogP) is 2.25. The molecule has 2 aromatic rings. The molecular formula is C12H11N2Y-. The molecule has 1 aliphatic carbocycles. The summed E-state index contributed by atoms with van der Waals surface area (Å²) in [5.41, 5.74) is 4.89. The van der Waals surface area contributed by atoms with Crippen LogP contribution >= 0.6 is 0 Å². The fourth-order valence-corrected chi connectivity index (χ4v) is 2.08. The molecule has 0 unspecified atom stereocenters. The fraction of sp³-hybridized carbons (Fsp3) is 0.250. The second-order valence-corrected chi connectivity index (χ2v) is 3.76. The van der Waals surface area contributed by atoms with E-state index >= 15 is 0 Å². The molecule has 2 nitrogen and oxygen atoms in total. The van der Waals surface area contributed by atoms with Gasteiger partial charge in [0.15, 0.2) is 0 Å². The van der Waals surface area contributed by atoms with Gasteiger partial charge >= 0.3 is 0 Å². The molecule has 0 saturated heterocycles. The van der Waals surface area contributed by atoms with Crippen molar-refractivity contribution in [3.05, 3.63) is 35.3 Å². The van der Waals surface area contributed by atoms with Crippen molar-refractivity contribution >= 4 is 17.0 Å². The quantitative estimate of drug-likeness (QED) is 0.673.